The minimum absolute atomic E-state index is 0.102. The maximum atomic E-state index is 9.60. The first kappa shape index (κ1) is 15.8. The first-order chi connectivity index (χ1) is 11.6. The van der Waals surface area contributed by atoms with Crippen LogP contribution >= 0.6 is 0 Å². The van der Waals surface area contributed by atoms with Crippen molar-refractivity contribution in [1.82, 2.24) is 4.98 Å². The molecule has 0 saturated carbocycles. The molecule has 0 unspecified atom stereocenters. The van der Waals surface area contributed by atoms with Crippen molar-refractivity contribution in [3.05, 3.63) is 59.2 Å². The maximum Gasteiger partial charge on any atom is 0.161 e. The Hall–Kier alpha value is -3.08. The third-order valence-electron chi connectivity index (χ3n) is 3.75. The van der Waals surface area contributed by atoms with Crippen LogP contribution in [-0.4, -0.2) is 23.4 Å². The summed E-state index contributed by atoms with van der Waals surface area (Å²) in [6.07, 6.45) is 1.66. The smallest absolute Gasteiger partial charge is 0.161 e. The Balaban J connectivity index is 1.83. The quantitative estimate of drug-likeness (QED) is 0.563. The van der Waals surface area contributed by atoms with E-state index in [0.29, 0.717) is 5.75 Å². The number of phenols is 1. The Labute approximate surface area is 140 Å². The molecule has 2 aromatic carbocycles. The number of nitrogens with zero attached hydrogens (tertiary/aromatic N) is 2. The third-order valence-corrected chi connectivity index (χ3v) is 3.75. The molecule has 0 saturated heterocycles. The molecule has 122 valence electrons. The molecule has 0 atom stereocenters. The second-order valence-electron chi connectivity index (χ2n) is 5.65. The number of pyridine rings is 1. The van der Waals surface area contributed by atoms with Crippen LogP contribution in [0.3, 0.4) is 0 Å². The molecule has 0 bridgehead atoms. The van der Waals surface area contributed by atoms with Crippen molar-refractivity contribution in [3.63, 3.8) is 0 Å². The normalized spacial score (nSPS) is 11.1. The van der Waals surface area contributed by atoms with Gasteiger partial charge in [0, 0.05) is 5.39 Å². The van der Waals surface area contributed by atoms with Gasteiger partial charge in [0.1, 0.15) is 5.82 Å². The van der Waals surface area contributed by atoms with E-state index in [4.69, 9.17) is 4.74 Å². The summed E-state index contributed by atoms with van der Waals surface area (Å²) in [6.45, 7) is 4.04. The number of ether oxygens (including phenoxy) is 1. The van der Waals surface area contributed by atoms with Crippen LogP contribution in [0.15, 0.2) is 47.6 Å². The number of methoxy groups -OCH3 is 1. The van der Waals surface area contributed by atoms with Gasteiger partial charge in [-0.3, -0.25) is 5.43 Å². The fourth-order valence-corrected chi connectivity index (χ4v) is 2.44. The average Bonchev–Trinajstić information content (AvgIpc) is 2.57. The molecule has 0 fully saturated rings. The molecule has 0 aliphatic carbocycles. The highest BCUT2D eigenvalue weighted by Gasteiger charge is 2.04. The second kappa shape index (κ2) is 6.58. The van der Waals surface area contributed by atoms with Crippen LogP contribution in [0.2, 0.25) is 0 Å². The third kappa shape index (κ3) is 3.30. The highest BCUT2D eigenvalue weighted by Crippen LogP contribution is 2.25. The molecule has 3 rings (SSSR count). The summed E-state index contributed by atoms with van der Waals surface area (Å²) in [5, 5.41) is 14.9. The summed E-state index contributed by atoms with van der Waals surface area (Å²) in [4.78, 5) is 4.63. The van der Waals surface area contributed by atoms with Crippen LogP contribution in [-0.2, 0) is 0 Å². The number of rotatable bonds is 4. The van der Waals surface area contributed by atoms with Gasteiger partial charge < -0.3 is 9.84 Å². The number of hydrazone groups is 1. The number of nitrogens with one attached hydrogen (secondary N) is 1. The molecule has 1 heterocycles. The van der Waals surface area contributed by atoms with Crippen LogP contribution in [0.4, 0.5) is 5.82 Å². The zero-order valence-electron chi connectivity index (χ0n) is 13.9. The second-order valence-corrected chi connectivity index (χ2v) is 5.65. The number of aromatic nitrogens is 1. The number of hydrogen-bond acceptors (Lipinski definition) is 5. The summed E-state index contributed by atoms with van der Waals surface area (Å²) in [5.41, 5.74) is 6.92. The van der Waals surface area contributed by atoms with Gasteiger partial charge in [0.15, 0.2) is 11.5 Å². The van der Waals surface area contributed by atoms with Gasteiger partial charge in [-0.15, -0.1) is 0 Å². The van der Waals surface area contributed by atoms with Gasteiger partial charge in [0.2, 0.25) is 0 Å². The molecule has 0 radical (unpaired) electrons. The molecule has 0 aliphatic heterocycles. The van der Waals surface area contributed by atoms with Crippen LogP contribution in [0.1, 0.15) is 16.7 Å². The topological polar surface area (TPSA) is 66.7 Å². The van der Waals surface area contributed by atoms with Crippen molar-refractivity contribution in [2.75, 3.05) is 12.5 Å². The number of hydrogen-bond donors (Lipinski definition) is 2. The zero-order chi connectivity index (χ0) is 17.1. The predicted molar refractivity (Wildman–Crippen MR) is 97.1 cm³/mol. The first-order valence-corrected chi connectivity index (χ1v) is 7.61. The van der Waals surface area contributed by atoms with Crippen LogP contribution < -0.4 is 10.2 Å². The van der Waals surface area contributed by atoms with Crippen molar-refractivity contribution >= 4 is 22.9 Å². The molecule has 2 N–H and O–H groups in total. The molecule has 24 heavy (non-hydrogen) atoms. The summed E-state index contributed by atoms with van der Waals surface area (Å²) < 4.78 is 5.08. The minimum Gasteiger partial charge on any atom is -0.504 e. The van der Waals surface area contributed by atoms with E-state index < -0.39 is 0 Å². The molecular formula is C19H19N3O2. The average molecular weight is 321 g/mol. The number of aromatic hydroxyl groups is 1. The standard InChI is InChI=1S/C19H19N3O2/c1-12-4-6-15-9-13(2)19(21-16(15)8-12)22-20-11-14-5-7-17(23)18(10-14)24-3/h4-11,23H,1-3H3,(H,21,22)/b20-11+. The fraction of sp³-hybridized carbons (Fsp3) is 0.158. The predicted octanol–water partition coefficient (Wildman–Crippen LogP) is 4.01. The van der Waals surface area contributed by atoms with Gasteiger partial charge in [-0.05, 0) is 60.9 Å². The minimum atomic E-state index is 0.102. The lowest BCUT2D eigenvalue weighted by atomic mass is 10.1. The highest BCUT2D eigenvalue weighted by molar-refractivity contribution is 5.83. The van der Waals surface area contributed by atoms with Crippen LogP contribution in [0, 0.1) is 13.8 Å². The van der Waals surface area contributed by atoms with Crippen LogP contribution in [0.5, 0.6) is 11.5 Å². The van der Waals surface area contributed by atoms with Gasteiger partial charge in [0.05, 0.1) is 18.8 Å². The molecule has 0 aliphatic rings. The highest BCUT2D eigenvalue weighted by atomic mass is 16.5. The molecule has 0 amide bonds. The van der Waals surface area contributed by atoms with E-state index in [0.717, 1.165) is 27.8 Å². The number of phenolic OH excluding ortho intramolecular Hbond substituents is 1. The van der Waals surface area contributed by atoms with E-state index in [1.807, 2.05) is 13.8 Å². The van der Waals surface area contributed by atoms with Gasteiger partial charge in [-0.2, -0.15) is 5.10 Å². The Kier molecular flexibility index (Phi) is 4.33. The monoisotopic (exact) mass is 321 g/mol. The zero-order valence-corrected chi connectivity index (χ0v) is 13.9. The fourth-order valence-electron chi connectivity index (χ4n) is 2.44. The lowest BCUT2D eigenvalue weighted by Crippen LogP contribution is -1.97. The number of anilines is 1. The van der Waals surface area contributed by atoms with Crippen LogP contribution in [0.25, 0.3) is 10.9 Å². The molecule has 5 heteroatoms. The van der Waals surface area contributed by atoms with Gasteiger partial charge >= 0.3 is 0 Å². The first-order valence-electron chi connectivity index (χ1n) is 7.61. The van der Waals surface area contributed by atoms with Crippen molar-refractivity contribution in [2.24, 2.45) is 5.10 Å². The summed E-state index contributed by atoms with van der Waals surface area (Å²) >= 11 is 0. The van der Waals surface area contributed by atoms with Crippen molar-refractivity contribution in [3.8, 4) is 11.5 Å². The number of benzene rings is 2. The van der Waals surface area contributed by atoms with Gasteiger partial charge in [0.25, 0.3) is 0 Å². The van der Waals surface area contributed by atoms with E-state index in [-0.39, 0.29) is 5.75 Å². The summed E-state index contributed by atoms with van der Waals surface area (Å²) in [5.74, 6) is 1.23. The maximum absolute atomic E-state index is 9.60. The summed E-state index contributed by atoms with van der Waals surface area (Å²) in [7, 11) is 1.51. The van der Waals surface area contributed by atoms with Crippen molar-refractivity contribution in [2.45, 2.75) is 13.8 Å². The van der Waals surface area contributed by atoms with Gasteiger partial charge in [-0.1, -0.05) is 12.1 Å². The van der Waals surface area contributed by atoms with Crippen molar-refractivity contribution < 1.29 is 9.84 Å². The molecule has 1 aromatic heterocycles. The largest absolute Gasteiger partial charge is 0.504 e. The Morgan fingerprint density at radius 1 is 1.12 bits per heavy atom. The SMILES string of the molecule is COc1cc(/C=N/Nc2nc3cc(C)ccc3cc2C)ccc1O. The van der Waals surface area contributed by atoms with Gasteiger partial charge in [-0.25, -0.2) is 4.98 Å². The van der Waals surface area contributed by atoms with E-state index in [1.54, 1.807) is 24.4 Å². The Morgan fingerprint density at radius 3 is 2.75 bits per heavy atom. The lowest BCUT2D eigenvalue weighted by molar-refractivity contribution is 0.373. The van der Waals surface area contributed by atoms with E-state index in [1.165, 1.54) is 12.7 Å². The molecule has 0 spiro atoms. The van der Waals surface area contributed by atoms with E-state index in [2.05, 4.69) is 39.8 Å². The van der Waals surface area contributed by atoms with Crippen molar-refractivity contribution in [1.29, 1.82) is 0 Å². The molecule has 3 aromatic rings. The molecular weight excluding hydrogens is 302 g/mol. The van der Waals surface area contributed by atoms with E-state index in [9.17, 15) is 5.11 Å². The molecule has 5 nitrogen and oxygen atoms in total. The Morgan fingerprint density at radius 2 is 1.96 bits per heavy atom. The number of aryl methyl sites for hydroxylation is 2. The number of fused-ring (bicyclic) bond motifs is 1. The summed E-state index contributed by atoms with van der Waals surface area (Å²) in [6, 6.07) is 13.3. The Bertz CT molecular complexity index is 920. The lowest BCUT2D eigenvalue weighted by Gasteiger charge is -2.07. The van der Waals surface area contributed by atoms with E-state index >= 15 is 0 Å².